The van der Waals surface area contributed by atoms with Crippen molar-refractivity contribution < 1.29 is 9.53 Å². The van der Waals surface area contributed by atoms with Crippen LogP contribution in [0.1, 0.15) is 44.7 Å². The number of esters is 1. The lowest BCUT2D eigenvalue weighted by molar-refractivity contribution is -0.148. The zero-order valence-electron chi connectivity index (χ0n) is 12.3. The Kier molecular flexibility index (Phi) is 3.79. The normalized spacial score (nSPS) is 31.0. The fourth-order valence-electron chi connectivity index (χ4n) is 3.94. The van der Waals surface area contributed by atoms with Gasteiger partial charge >= 0.3 is 5.97 Å². The molecule has 1 saturated carbocycles. The molecule has 1 aromatic carbocycles. The molecule has 2 aliphatic rings. The van der Waals surface area contributed by atoms with Crippen LogP contribution in [0.3, 0.4) is 0 Å². The van der Waals surface area contributed by atoms with Gasteiger partial charge in [0.25, 0.3) is 0 Å². The molecule has 0 unspecified atom stereocenters. The third kappa shape index (κ3) is 2.73. The summed E-state index contributed by atoms with van der Waals surface area (Å²) in [5.74, 6) is 0.545. The van der Waals surface area contributed by atoms with Gasteiger partial charge in [-0.2, -0.15) is 0 Å². The molecular weight excluding hydrogens is 250 g/mol. The second-order valence-corrected chi connectivity index (χ2v) is 6.24. The molecule has 108 valence electrons. The van der Waals surface area contributed by atoms with Crippen LogP contribution in [-0.2, 0) is 9.53 Å². The number of fused-ring (bicyclic) bond motifs is 2. The van der Waals surface area contributed by atoms with Crippen molar-refractivity contribution >= 4 is 5.97 Å². The molecule has 2 bridgehead atoms. The van der Waals surface area contributed by atoms with Crippen molar-refractivity contribution in [2.45, 2.75) is 51.3 Å². The summed E-state index contributed by atoms with van der Waals surface area (Å²) >= 11 is 0. The van der Waals surface area contributed by atoms with E-state index in [1.165, 1.54) is 18.9 Å². The van der Waals surface area contributed by atoms with E-state index in [1.807, 2.05) is 0 Å². The summed E-state index contributed by atoms with van der Waals surface area (Å²) < 4.78 is 5.44. The molecule has 0 radical (unpaired) electrons. The molecule has 1 saturated heterocycles. The van der Waals surface area contributed by atoms with Gasteiger partial charge in [0.2, 0.25) is 0 Å². The highest BCUT2D eigenvalue weighted by atomic mass is 16.5. The lowest BCUT2D eigenvalue weighted by Crippen LogP contribution is -2.35. The van der Waals surface area contributed by atoms with Gasteiger partial charge in [-0.05, 0) is 37.7 Å². The smallest absolute Gasteiger partial charge is 0.302 e. The van der Waals surface area contributed by atoms with Crippen LogP contribution >= 0.6 is 0 Å². The minimum Gasteiger partial charge on any atom is -0.462 e. The van der Waals surface area contributed by atoms with E-state index in [0.717, 1.165) is 19.4 Å². The first-order valence-corrected chi connectivity index (χ1v) is 7.61. The molecule has 4 atom stereocenters. The lowest BCUT2D eigenvalue weighted by atomic mass is 9.88. The van der Waals surface area contributed by atoms with Crippen molar-refractivity contribution in [2.24, 2.45) is 5.92 Å². The maximum absolute atomic E-state index is 11.1. The highest BCUT2D eigenvalue weighted by Gasteiger charge is 2.42. The van der Waals surface area contributed by atoms with Crippen LogP contribution in [0.4, 0.5) is 0 Å². The summed E-state index contributed by atoms with van der Waals surface area (Å²) in [5, 5.41) is 0. The third-order valence-electron chi connectivity index (χ3n) is 4.79. The number of benzene rings is 1. The summed E-state index contributed by atoms with van der Waals surface area (Å²) in [5.41, 5.74) is 1.38. The zero-order valence-corrected chi connectivity index (χ0v) is 12.3. The quantitative estimate of drug-likeness (QED) is 0.792. The van der Waals surface area contributed by atoms with Crippen LogP contribution in [-0.4, -0.2) is 29.6 Å². The van der Waals surface area contributed by atoms with Crippen molar-refractivity contribution in [3.8, 4) is 0 Å². The number of hydrogen-bond acceptors (Lipinski definition) is 3. The van der Waals surface area contributed by atoms with E-state index in [-0.39, 0.29) is 12.1 Å². The van der Waals surface area contributed by atoms with Gasteiger partial charge in [-0.1, -0.05) is 30.3 Å². The molecule has 3 heteroatoms. The first kappa shape index (κ1) is 13.6. The first-order valence-electron chi connectivity index (χ1n) is 7.61. The number of likely N-dealkylation sites (tertiary alicyclic amines) is 1. The second-order valence-electron chi connectivity index (χ2n) is 6.24. The average Bonchev–Trinajstić information content (AvgIpc) is 2.73. The topological polar surface area (TPSA) is 29.5 Å². The van der Waals surface area contributed by atoms with Crippen molar-refractivity contribution in [1.29, 1.82) is 0 Å². The summed E-state index contributed by atoms with van der Waals surface area (Å²) in [4.78, 5) is 13.7. The number of carbonyl (C=O) groups excluding carboxylic acids is 1. The molecule has 1 aliphatic heterocycles. The van der Waals surface area contributed by atoms with E-state index in [2.05, 4.69) is 42.2 Å². The molecule has 0 amide bonds. The zero-order chi connectivity index (χ0) is 14.1. The van der Waals surface area contributed by atoms with Gasteiger partial charge < -0.3 is 4.74 Å². The molecule has 3 nitrogen and oxygen atoms in total. The van der Waals surface area contributed by atoms with Crippen LogP contribution < -0.4 is 0 Å². The van der Waals surface area contributed by atoms with Crippen LogP contribution in [0.5, 0.6) is 0 Å². The summed E-state index contributed by atoms with van der Waals surface area (Å²) in [6.45, 7) is 4.94. The molecule has 1 heterocycles. The van der Waals surface area contributed by atoms with Crippen molar-refractivity contribution in [3.63, 3.8) is 0 Å². The van der Waals surface area contributed by atoms with E-state index < -0.39 is 0 Å². The lowest BCUT2D eigenvalue weighted by Gasteiger charge is -2.32. The highest BCUT2D eigenvalue weighted by Crippen LogP contribution is 2.41. The van der Waals surface area contributed by atoms with Gasteiger partial charge in [0.05, 0.1) is 0 Å². The van der Waals surface area contributed by atoms with Gasteiger partial charge in [0, 0.05) is 25.6 Å². The van der Waals surface area contributed by atoms with Gasteiger partial charge in [-0.25, -0.2) is 0 Å². The highest BCUT2D eigenvalue weighted by molar-refractivity contribution is 5.66. The van der Waals surface area contributed by atoms with Crippen molar-refractivity contribution in [2.75, 3.05) is 6.54 Å². The predicted molar refractivity (Wildman–Crippen MR) is 78.2 cm³/mol. The Bertz CT molecular complexity index is 473. The SMILES string of the molecule is CC(=O)O[C@@H]1C[C@H]2C[C@@H](C1)N([C@H](C)c1ccccc1)C2. The predicted octanol–water partition coefficient (Wildman–Crippen LogP) is 3.16. The standard InChI is InChI=1S/C17H23NO2/c1-12(15-6-4-3-5-7-15)18-11-14-8-16(18)10-17(9-14)20-13(2)19/h3-7,12,14,16-17H,8-11H2,1-2H3/t12-,14-,16+,17-/m1/s1. The third-order valence-corrected chi connectivity index (χ3v) is 4.79. The molecule has 1 aliphatic carbocycles. The fraction of sp³-hybridized carbons (Fsp3) is 0.588. The van der Waals surface area contributed by atoms with E-state index in [0.29, 0.717) is 18.0 Å². The van der Waals surface area contributed by atoms with Crippen molar-refractivity contribution in [1.82, 2.24) is 4.90 Å². The fourth-order valence-corrected chi connectivity index (χ4v) is 3.94. The van der Waals surface area contributed by atoms with Crippen LogP contribution in [0.25, 0.3) is 0 Å². The number of nitrogens with zero attached hydrogens (tertiary/aromatic N) is 1. The minimum absolute atomic E-state index is 0.129. The van der Waals surface area contributed by atoms with Crippen LogP contribution in [0.2, 0.25) is 0 Å². The Morgan fingerprint density at radius 3 is 2.70 bits per heavy atom. The Labute approximate surface area is 120 Å². The summed E-state index contributed by atoms with van der Waals surface area (Å²) in [6.07, 6.45) is 3.42. The Morgan fingerprint density at radius 1 is 1.25 bits per heavy atom. The molecule has 3 rings (SSSR count). The maximum Gasteiger partial charge on any atom is 0.302 e. The van der Waals surface area contributed by atoms with Gasteiger partial charge in [0.1, 0.15) is 6.10 Å². The van der Waals surface area contributed by atoms with Crippen LogP contribution in [0, 0.1) is 5.92 Å². The number of ether oxygens (including phenoxy) is 1. The minimum atomic E-state index is -0.140. The van der Waals surface area contributed by atoms with Gasteiger partial charge in [0.15, 0.2) is 0 Å². The largest absolute Gasteiger partial charge is 0.462 e. The molecular formula is C17H23NO2. The monoisotopic (exact) mass is 273 g/mol. The van der Waals surface area contributed by atoms with E-state index >= 15 is 0 Å². The Hall–Kier alpha value is -1.35. The molecule has 20 heavy (non-hydrogen) atoms. The Balaban J connectivity index is 1.69. The number of carbonyl (C=O) groups is 1. The maximum atomic E-state index is 11.1. The number of hydrogen-bond donors (Lipinski definition) is 0. The van der Waals surface area contributed by atoms with E-state index in [1.54, 1.807) is 0 Å². The van der Waals surface area contributed by atoms with Crippen LogP contribution in [0.15, 0.2) is 30.3 Å². The van der Waals surface area contributed by atoms with E-state index in [9.17, 15) is 4.79 Å². The van der Waals surface area contributed by atoms with Crippen molar-refractivity contribution in [3.05, 3.63) is 35.9 Å². The molecule has 0 spiro atoms. The first-order chi connectivity index (χ1) is 9.63. The Morgan fingerprint density at radius 2 is 2.00 bits per heavy atom. The molecule has 2 fully saturated rings. The molecule has 0 aromatic heterocycles. The van der Waals surface area contributed by atoms with E-state index in [4.69, 9.17) is 4.74 Å². The summed E-state index contributed by atoms with van der Waals surface area (Å²) in [7, 11) is 0. The molecule has 0 N–H and O–H groups in total. The summed E-state index contributed by atoms with van der Waals surface area (Å²) in [6, 6.07) is 11.7. The van der Waals surface area contributed by atoms with Gasteiger partial charge in [-0.3, -0.25) is 9.69 Å². The molecule has 1 aromatic rings. The number of rotatable bonds is 3. The van der Waals surface area contributed by atoms with Gasteiger partial charge in [-0.15, -0.1) is 0 Å². The average molecular weight is 273 g/mol. The second kappa shape index (κ2) is 5.57.